The zero-order chi connectivity index (χ0) is 23.7. The van der Waals surface area contributed by atoms with Gasteiger partial charge in [0.05, 0.1) is 19.3 Å². The predicted molar refractivity (Wildman–Crippen MR) is 135 cm³/mol. The molecule has 1 atom stereocenters. The molecule has 0 aliphatic rings. The van der Waals surface area contributed by atoms with Crippen molar-refractivity contribution < 1.29 is 15.3 Å². The fourth-order valence-electron chi connectivity index (χ4n) is 4.11. The molecule has 0 radical (unpaired) electrons. The smallest absolute Gasteiger partial charge is 0.0747 e. The SMILES string of the molecule is CCc1cc(C(/C=C/c2ccc(CO)c(CO)c2)(CC)CC)ccc1/C=C/C(O)C(C)C. The summed E-state index contributed by atoms with van der Waals surface area (Å²) in [6.45, 7) is 10.5. The number of benzene rings is 2. The Morgan fingerprint density at radius 1 is 0.844 bits per heavy atom. The lowest BCUT2D eigenvalue weighted by Crippen LogP contribution is -2.21. The molecule has 0 spiro atoms. The highest BCUT2D eigenvalue weighted by molar-refractivity contribution is 5.58. The second-order valence-electron chi connectivity index (χ2n) is 8.90. The van der Waals surface area contributed by atoms with E-state index in [1.54, 1.807) is 0 Å². The van der Waals surface area contributed by atoms with Crippen molar-refractivity contribution in [3.63, 3.8) is 0 Å². The Hall–Kier alpha value is -2.20. The molecule has 0 aliphatic carbocycles. The van der Waals surface area contributed by atoms with Gasteiger partial charge in [0.1, 0.15) is 0 Å². The highest BCUT2D eigenvalue weighted by Gasteiger charge is 2.26. The van der Waals surface area contributed by atoms with Crippen LogP contribution in [0.2, 0.25) is 0 Å². The summed E-state index contributed by atoms with van der Waals surface area (Å²) in [5.74, 6) is 0.200. The van der Waals surface area contributed by atoms with Gasteiger partial charge in [-0.2, -0.15) is 0 Å². The van der Waals surface area contributed by atoms with Gasteiger partial charge < -0.3 is 15.3 Å². The molecule has 174 valence electrons. The van der Waals surface area contributed by atoms with Crippen LogP contribution in [0.1, 0.15) is 80.8 Å². The summed E-state index contributed by atoms with van der Waals surface area (Å²) in [6.07, 6.45) is 10.8. The number of allylic oxidation sites excluding steroid dienone is 1. The number of aryl methyl sites for hydroxylation is 1. The third-order valence-electron chi connectivity index (χ3n) is 6.68. The molecule has 2 aromatic carbocycles. The zero-order valence-corrected chi connectivity index (χ0v) is 20.3. The molecule has 0 saturated heterocycles. The Kier molecular flexibility index (Phi) is 9.89. The Morgan fingerprint density at radius 2 is 1.53 bits per heavy atom. The van der Waals surface area contributed by atoms with E-state index in [0.29, 0.717) is 0 Å². The minimum Gasteiger partial charge on any atom is -0.392 e. The van der Waals surface area contributed by atoms with Crippen LogP contribution in [0, 0.1) is 5.92 Å². The van der Waals surface area contributed by atoms with E-state index in [4.69, 9.17) is 0 Å². The van der Waals surface area contributed by atoms with Crippen LogP contribution in [0.15, 0.2) is 48.6 Å². The summed E-state index contributed by atoms with van der Waals surface area (Å²) < 4.78 is 0. The molecule has 0 aromatic heterocycles. The van der Waals surface area contributed by atoms with E-state index < -0.39 is 6.10 Å². The Morgan fingerprint density at radius 3 is 2.09 bits per heavy atom. The highest BCUT2D eigenvalue weighted by atomic mass is 16.3. The van der Waals surface area contributed by atoms with E-state index in [-0.39, 0.29) is 24.5 Å². The van der Waals surface area contributed by atoms with Crippen LogP contribution in [0.3, 0.4) is 0 Å². The van der Waals surface area contributed by atoms with Gasteiger partial charge in [0.15, 0.2) is 0 Å². The molecule has 0 fully saturated rings. The topological polar surface area (TPSA) is 60.7 Å². The lowest BCUT2D eigenvalue weighted by molar-refractivity contribution is 0.173. The van der Waals surface area contributed by atoms with Crippen molar-refractivity contribution in [3.8, 4) is 0 Å². The van der Waals surface area contributed by atoms with Crippen LogP contribution in [0.4, 0.5) is 0 Å². The number of hydrogen-bond acceptors (Lipinski definition) is 3. The molecule has 3 N–H and O–H groups in total. The maximum absolute atomic E-state index is 10.1. The summed E-state index contributed by atoms with van der Waals surface area (Å²) in [5.41, 5.74) is 6.21. The highest BCUT2D eigenvalue weighted by Crippen LogP contribution is 2.35. The number of rotatable bonds is 11. The molecule has 0 saturated carbocycles. The van der Waals surface area contributed by atoms with Gasteiger partial charge in [-0.1, -0.05) is 89.3 Å². The normalized spacial score (nSPS) is 13.5. The van der Waals surface area contributed by atoms with Gasteiger partial charge in [0, 0.05) is 5.41 Å². The number of hydrogen-bond donors (Lipinski definition) is 3. The van der Waals surface area contributed by atoms with Crippen molar-refractivity contribution in [2.24, 2.45) is 5.92 Å². The van der Waals surface area contributed by atoms with E-state index >= 15 is 0 Å². The monoisotopic (exact) mass is 436 g/mol. The first-order valence-corrected chi connectivity index (χ1v) is 11.9. The van der Waals surface area contributed by atoms with Crippen molar-refractivity contribution in [3.05, 3.63) is 81.9 Å². The second-order valence-corrected chi connectivity index (χ2v) is 8.90. The third-order valence-corrected chi connectivity index (χ3v) is 6.68. The molecule has 0 heterocycles. The standard InChI is InChI=1S/C29H40O3/c1-6-23-18-27(13-11-24(23)12-14-28(32)21(4)5)29(7-2,8-3)16-15-22-9-10-25(19-30)26(17-22)20-31/h9-18,21,28,30-32H,6-8,19-20H2,1-5H3/b14-12+,16-15+. The van der Waals surface area contributed by atoms with E-state index in [1.807, 2.05) is 44.2 Å². The zero-order valence-electron chi connectivity index (χ0n) is 20.3. The molecule has 2 rings (SSSR count). The molecule has 0 amide bonds. The minimum atomic E-state index is -0.436. The van der Waals surface area contributed by atoms with Gasteiger partial charge in [-0.15, -0.1) is 0 Å². The molecule has 3 nitrogen and oxygen atoms in total. The Balaban J connectivity index is 2.41. The van der Waals surface area contributed by atoms with Gasteiger partial charge in [0.2, 0.25) is 0 Å². The van der Waals surface area contributed by atoms with Crippen LogP contribution in [0.5, 0.6) is 0 Å². The van der Waals surface area contributed by atoms with E-state index in [2.05, 4.69) is 51.1 Å². The Labute approximate surface area is 194 Å². The Bertz CT molecular complexity index is 920. The van der Waals surface area contributed by atoms with Crippen LogP contribution in [-0.4, -0.2) is 21.4 Å². The molecule has 0 bridgehead atoms. The van der Waals surface area contributed by atoms with Gasteiger partial charge in [-0.25, -0.2) is 0 Å². The lowest BCUT2D eigenvalue weighted by Gasteiger charge is -2.30. The summed E-state index contributed by atoms with van der Waals surface area (Å²) in [7, 11) is 0. The van der Waals surface area contributed by atoms with E-state index in [9.17, 15) is 15.3 Å². The van der Waals surface area contributed by atoms with Crippen LogP contribution in [0.25, 0.3) is 12.2 Å². The summed E-state index contributed by atoms with van der Waals surface area (Å²) in [6, 6.07) is 12.5. The molecule has 3 heteroatoms. The first-order chi connectivity index (χ1) is 15.3. The molecular weight excluding hydrogens is 396 g/mol. The molecule has 0 aliphatic heterocycles. The third kappa shape index (κ3) is 6.19. The van der Waals surface area contributed by atoms with Crippen molar-refractivity contribution in [2.45, 2.75) is 78.6 Å². The fourth-order valence-corrected chi connectivity index (χ4v) is 4.11. The summed E-state index contributed by atoms with van der Waals surface area (Å²) >= 11 is 0. The number of aliphatic hydroxyl groups is 3. The van der Waals surface area contributed by atoms with Gasteiger partial charge in [-0.3, -0.25) is 0 Å². The van der Waals surface area contributed by atoms with Crippen molar-refractivity contribution in [1.82, 2.24) is 0 Å². The average molecular weight is 437 g/mol. The van der Waals surface area contributed by atoms with E-state index in [1.165, 1.54) is 11.1 Å². The van der Waals surface area contributed by atoms with Gasteiger partial charge in [0.25, 0.3) is 0 Å². The van der Waals surface area contributed by atoms with Crippen molar-refractivity contribution >= 4 is 12.2 Å². The first kappa shape index (κ1) is 26.1. The average Bonchev–Trinajstić information content (AvgIpc) is 2.83. The molecule has 2 aromatic rings. The first-order valence-electron chi connectivity index (χ1n) is 11.9. The van der Waals surface area contributed by atoms with Gasteiger partial charge >= 0.3 is 0 Å². The van der Waals surface area contributed by atoms with Crippen LogP contribution < -0.4 is 0 Å². The van der Waals surface area contributed by atoms with Gasteiger partial charge in [-0.05, 0) is 64.6 Å². The fraction of sp³-hybridized carbons (Fsp3) is 0.448. The van der Waals surface area contributed by atoms with Crippen LogP contribution >= 0.6 is 0 Å². The quantitative estimate of drug-likeness (QED) is 0.403. The molecule has 1 unspecified atom stereocenters. The summed E-state index contributed by atoms with van der Waals surface area (Å²) in [4.78, 5) is 0. The molecule has 32 heavy (non-hydrogen) atoms. The summed E-state index contributed by atoms with van der Waals surface area (Å²) in [5, 5.41) is 29.2. The maximum atomic E-state index is 10.1. The minimum absolute atomic E-state index is 0.0669. The maximum Gasteiger partial charge on any atom is 0.0747 e. The number of aliphatic hydroxyl groups excluding tert-OH is 3. The van der Waals surface area contributed by atoms with Crippen LogP contribution in [-0.2, 0) is 25.0 Å². The second kappa shape index (κ2) is 12.2. The predicted octanol–water partition coefficient (Wildman–Crippen LogP) is 6.03. The molecular formula is C29H40O3. The van der Waals surface area contributed by atoms with E-state index in [0.717, 1.165) is 41.5 Å². The van der Waals surface area contributed by atoms with Crippen molar-refractivity contribution in [1.29, 1.82) is 0 Å². The largest absolute Gasteiger partial charge is 0.392 e. The van der Waals surface area contributed by atoms with Crippen molar-refractivity contribution in [2.75, 3.05) is 0 Å². The lowest BCUT2D eigenvalue weighted by atomic mass is 9.74.